The van der Waals surface area contributed by atoms with Crippen LogP contribution in [0.5, 0.6) is 0 Å². The van der Waals surface area contributed by atoms with Crippen molar-refractivity contribution in [2.24, 2.45) is 0 Å². The van der Waals surface area contributed by atoms with Gasteiger partial charge in [-0.15, -0.1) is 21.5 Å². The topological polar surface area (TPSA) is 83.6 Å². The van der Waals surface area contributed by atoms with Gasteiger partial charge in [0.05, 0.1) is 0 Å². The average Bonchev–Trinajstić information content (AvgIpc) is 2.68. The Morgan fingerprint density at radius 2 is 2.12 bits per heavy atom. The van der Waals surface area contributed by atoms with E-state index in [0.717, 1.165) is 0 Å². The lowest BCUT2D eigenvalue weighted by Crippen LogP contribution is -2.28. The zero-order valence-corrected chi connectivity index (χ0v) is 10.6. The molecule has 0 aromatic carbocycles. The van der Waals surface area contributed by atoms with Gasteiger partial charge in [0.1, 0.15) is 5.69 Å². The van der Waals surface area contributed by atoms with E-state index >= 15 is 0 Å². The molecular formula is C10H13N5OS. The number of thiazole rings is 1. The van der Waals surface area contributed by atoms with Crippen LogP contribution in [0, 0.1) is 0 Å². The summed E-state index contributed by atoms with van der Waals surface area (Å²) >= 11 is 1.42. The molecule has 17 heavy (non-hydrogen) atoms. The van der Waals surface area contributed by atoms with E-state index in [1.807, 2.05) is 26.2 Å². The molecular weight excluding hydrogens is 238 g/mol. The maximum absolute atomic E-state index is 11.8. The highest BCUT2D eigenvalue weighted by Gasteiger charge is 2.20. The van der Waals surface area contributed by atoms with Crippen LogP contribution in [0.4, 0.5) is 11.1 Å². The Balaban J connectivity index is 2.29. The van der Waals surface area contributed by atoms with Crippen LogP contribution >= 0.6 is 11.3 Å². The Labute approximate surface area is 102 Å². The van der Waals surface area contributed by atoms with Crippen LogP contribution < -0.4 is 10.9 Å². The second-order valence-electron chi connectivity index (χ2n) is 4.56. The average molecular weight is 251 g/mol. The molecule has 2 aromatic heterocycles. The van der Waals surface area contributed by atoms with Crippen LogP contribution in [-0.4, -0.2) is 20.2 Å². The fraction of sp³-hybridized carbons (Fsp3) is 0.400. The van der Waals surface area contributed by atoms with E-state index in [-0.39, 0.29) is 11.0 Å². The van der Waals surface area contributed by atoms with Crippen LogP contribution in [0.2, 0.25) is 0 Å². The third kappa shape index (κ3) is 2.68. The molecule has 0 saturated heterocycles. The molecule has 0 aliphatic rings. The summed E-state index contributed by atoms with van der Waals surface area (Å²) in [6.07, 6.45) is 1.67. The Morgan fingerprint density at radius 1 is 1.35 bits per heavy atom. The lowest BCUT2D eigenvalue weighted by molar-refractivity contribution is 0.547. The van der Waals surface area contributed by atoms with Crippen molar-refractivity contribution >= 4 is 22.4 Å². The van der Waals surface area contributed by atoms with Gasteiger partial charge in [-0.25, -0.2) is 4.98 Å². The van der Waals surface area contributed by atoms with E-state index < -0.39 is 0 Å². The third-order valence-electron chi connectivity index (χ3n) is 2.07. The summed E-state index contributed by atoms with van der Waals surface area (Å²) in [7, 11) is 0. The first-order valence-corrected chi connectivity index (χ1v) is 5.99. The fourth-order valence-corrected chi connectivity index (χ4v) is 1.80. The number of nitrogens with zero attached hydrogens (tertiary/aromatic N) is 3. The van der Waals surface area contributed by atoms with Crippen LogP contribution in [-0.2, 0) is 5.41 Å². The second-order valence-corrected chi connectivity index (χ2v) is 5.46. The molecule has 2 rings (SSSR count). The minimum absolute atomic E-state index is 0.230. The highest BCUT2D eigenvalue weighted by atomic mass is 32.1. The highest BCUT2D eigenvalue weighted by Crippen LogP contribution is 2.17. The zero-order chi connectivity index (χ0) is 12.5. The molecule has 0 radical (unpaired) electrons. The summed E-state index contributed by atoms with van der Waals surface area (Å²) in [4.78, 5) is 18.5. The molecule has 0 bridgehead atoms. The first kappa shape index (κ1) is 11.7. The molecule has 0 fully saturated rings. The second kappa shape index (κ2) is 4.25. The smallest absolute Gasteiger partial charge is 0.274 e. The number of anilines is 2. The number of H-pyrrole nitrogens is 1. The fourth-order valence-electron chi connectivity index (χ4n) is 1.27. The summed E-state index contributed by atoms with van der Waals surface area (Å²) in [6, 6.07) is 0. The Morgan fingerprint density at radius 3 is 2.65 bits per heavy atom. The van der Waals surface area contributed by atoms with E-state index in [9.17, 15) is 4.79 Å². The Kier molecular flexibility index (Phi) is 2.93. The number of aromatic amines is 1. The van der Waals surface area contributed by atoms with Gasteiger partial charge in [0, 0.05) is 17.0 Å². The summed E-state index contributed by atoms with van der Waals surface area (Å²) in [5.74, 6) is 0.304. The zero-order valence-electron chi connectivity index (χ0n) is 9.81. The maximum Gasteiger partial charge on any atom is 0.274 e. The van der Waals surface area contributed by atoms with Crippen molar-refractivity contribution in [3.05, 3.63) is 27.6 Å². The van der Waals surface area contributed by atoms with Crippen LogP contribution in [0.1, 0.15) is 26.5 Å². The molecule has 90 valence electrons. The van der Waals surface area contributed by atoms with Gasteiger partial charge in [0.2, 0.25) is 5.95 Å². The first-order chi connectivity index (χ1) is 7.97. The summed E-state index contributed by atoms with van der Waals surface area (Å²) in [5.41, 5.74) is -0.130. The highest BCUT2D eigenvalue weighted by molar-refractivity contribution is 7.13. The molecule has 0 saturated carbocycles. The summed E-state index contributed by atoms with van der Waals surface area (Å²) in [6.45, 7) is 5.75. The summed E-state index contributed by atoms with van der Waals surface area (Å²) in [5, 5.41) is 13.3. The van der Waals surface area contributed by atoms with Crippen LogP contribution in [0.25, 0.3) is 0 Å². The standard InChI is InChI=1S/C10H13N5OS/c1-10(2,3)6-7(16)12-8(15-14-6)13-9-11-4-5-17-9/h4-5H,1-3H3,(H2,11,12,13,15,16). The quantitative estimate of drug-likeness (QED) is 0.848. The molecule has 0 aliphatic heterocycles. The SMILES string of the molecule is CC(C)(C)c1nnc(Nc2nccs2)[nH]c1=O. The monoisotopic (exact) mass is 251 g/mol. The van der Waals surface area contributed by atoms with E-state index in [4.69, 9.17) is 0 Å². The lowest BCUT2D eigenvalue weighted by Gasteiger charge is -2.15. The Hall–Kier alpha value is -1.76. The lowest BCUT2D eigenvalue weighted by atomic mass is 9.93. The normalized spacial score (nSPS) is 11.5. The molecule has 2 heterocycles. The predicted octanol–water partition coefficient (Wildman–Crippen LogP) is 1.66. The third-order valence-corrected chi connectivity index (χ3v) is 2.75. The van der Waals surface area contributed by atoms with Crippen molar-refractivity contribution in [3.63, 3.8) is 0 Å². The molecule has 0 spiro atoms. The van der Waals surface area contributed by atoms with E-state index in [1.54, 1.807) is 6.20 Å². The predicted molar refractivity (Wildman–Crippen MR) is 66.7 cm³/mol. The van der Waals surface area contributed by atoms with Crippen molar-refractivity contribution < 1.29 is 0 Å². The van der Waals surface area contributed by atoms with Crippen molar-refractivity contribution in [3.8, 4) is 0 Å². The maximum atomic E-state index is 11.8. The van der Waals surface area contributed by atoms with Gasteiger partial charge < -0.3 is 5.32 Å². The van der Waals surface area contributed by atoms with E-state index in [2.05, 4.69) is 25.5 Å². The molecule has 0 aliphatic carbocycles. The number of hydrogen-bond acceptors (Lipinski definition) is 6. The van der Waals surface area contributed by atoms with E-state index in [0.29, 0.717) is 16.8 Å². The molecule has 2 N–H and O–H groups in total. The molecule has 6 nitrogen and oxygen atoms in total. The number of hydrogen-bond donors (Lipinski definition) is 2. The van der Waals surface area contributed by atoms with Gasteiger partial charge in [-0.05, 0) is 0 Å². The van der Waals surface area contributed by atoms with Gasteiger partial charge in [-0.3, -0.25) is 9.78 Å². The van der Waals surface area contributed by atoms with Gasteiger partial charge >= 0.3 is 0 Å². The Bertz CT molecular complexity index is 555. The van der Waals surface area contributed by atoms with Gasteiger partial charge in [0.25, 0.3) is 5.56 Å². The van der Waals surface area contributed by atoms with Gasteiger partial charge in [-0.2, -0.15) is 0 Å². The van der Waals surface area contributed by atoms with Gasteiger partial charge in [-0.1, -0.05) is 20.8 Å². The minimum atomic E-state index is -0.319. The molecule has 0 atom stereocenters. The number of aromatic nitrogens is 4. The first-order valence-electron chi connectivity index (χ1n) is 5.11. The van der Waals surface area contributed by atoms with Gasteiger partial charge in [0.15, 0.2) is 5.13 Å². The number of rotatable bonds is 2. The van der Waals surface area contributed by atoms with Crippen molar-refractivity contribution in [2.45, 2.75) is 26.2 Å². The van der Waals surface area contributed by atoms with Crippen LogP contribution in [0.3, 0.4) is 0 Å². The molecule has 0 amide bonds. The van der Waals surface area contributed by atoms with Crippen LogP contribution in [0.15, 0.2) is 16.4 Å². The van der Waals surface area contributed by atoms with Crippen molar-refractivity contribution in [1.82, 2.24) is 20.2 Å². The molecule has 7 heteroatoms. The van der Waals surface area contributed by atoms with Crippen molar-refractivity contribution in [2.75, 3.05) is 5.32 Å². The van der Waals surface area contributed by atoms with E-state index in [1.165, 1.54) is 11.3 Å². The minimum Gasteiger partial charge on any atom is -0.300 e. The van der Waals surface area contributed by atoms with Crippen molar-refractivity contribution in [1.29, 1.82) is 0 Å². The largest absolute Gasteiger partial charge is 0.300 e. The summed E-state index contributed by atoms with van der Waals surface area (Å²) < 4.78 is 0. The molecule has 2 aromatic rings. The number of nitrogens with one attached hydrogen (secondary N) is 2. The molecule has 0 unspecified atom stereocenters.